The fraction of sp³-hybridized carbons (Fsp3) is 0.611. The van der Waals surface area contributed by atoms with Crippen LogP contribution in [-0.2, 0) is 21.4 Å². The van der Waals surface area contributed by atoms with E-state index in [-0.39, 0.29) is 0 Å². The number of benzene rings is 1. The second-order valence-corrected chi connectivity index (χ2v) is 9.52. The number of amides is 1. The van der Waals surface area contributed by atoms with Crippen molar-refractivity contribution < 1.29 is 22.7 Å². The van der Waals surface area contributed by atoms with Gasteiger partial charge in [0.2, 0.25) is 0 Å². The Bertz CT molecular complexity index is 836. The Hall–Kier alpha value is -1.87. The number of nitrogens with zero attached hydrogens (tertiary/aromatic N) is 2. The first-order valence-corrected chi connectivity index (χ1v) is 10.8. The van der Waals surface area contributed by atoms with Crippen molar-refractivity contribution in [2.24, 2.45) is 5.41 Å². The summed E-state index contributed by atoms with van der Waals surface area (Å²) >= 11 is 0. The molecule has 1 aliphatic carbocycles. The van der Waals surface area contributed by atoms with E-state index in [1.165, 1.54) is 44.2 Å². The molecule has 3 aliphatic rings. The molecule has 27 heavy (non-hydrogen) atoms. The van der Waals surface area contributed by atoms with Crippen molar-refractivity contribution in [2.75, 3.05) is 30.5 Å². The van der Waals surface area contributed by atoms with Gasteiger partial charge in [0, 0.05) is 6.54 Å². The third-order valence-electron chi connectivity index (χ3n) is 6.22. The van der Waals surface area contributed by atoms with Crippen molar-refractivity contribution in [3.63, 3.8) is 0 Å². The van der Waals surface area contributed by atoms with Crippen LogP contribution >= 0.6 is 0 Å². The first-order valence-electron chi connectivity index (χ1n) is 9.35. The van der Waals surface area contributed by atoms with Crippen LogP contribution in [0.4, 0.5) is 10.1 Å². The lowest BCUT2D eigenvalue weighted by Gasteiger charge is -2.48. The molecule has 9 heteroatoms. The molecule has 1 spiro atoms. The lowest BCUT2D eigenvalue weighted by atomic mass is 9.63. The van der Waals surface area contributed by atoms with Crippen LogP contribution in [0.2, 0.25) is 0 Å². The molecule has 3 fully saturated rings. The zero-order chi connectivity index (χ0) is 19.2. The number of halogens is 1. The molecule has 1 amide bonds. The van der Waals surface area contributed by atoms with E-state index in [0.29, 0.717) is 21.7 Å². The number of rotatable bonds is 4. The molecule has 2 heterocycles. The fourth-order valence-corrected chi connectivity index (χ4v) is 5.56. The molecule has 2 aliphatic heterocycles. The number of phenolic OH excluding ortho intramolecular Hbond substituents is 1. The molecule has 1 aromatic carbocycles. The van der Waals surface area contributed by atoms with E-state index in [1.54, 1.807) is 4.72 Å². The molecule has 0 aromatic heterocycles. The number of carbonyl (C=O) groups is 1. The maximum Gasteiger partial charge on any atom is 0.326 e. The van der Waals surface area contributed by atoms with Gasteiger partial charge in [0.1, 0.15) is 18.0 Å². The number of carbonyl (C=O) groups excluding carboxylic acids is 1. The molecule has 0 unspecified atom stereocenters. The van der Waals surface area contributed by atoms with Gasteiger partial charge in [-0.2, -0.15) is 8.42 Å². The van der Waals surface area contributed by atoms with E-state index >= 15 is 0 Å². The van der Waals surface area contributed by atoms with Crippen LogP contribution in [0.25, 0.3) is 0 Å². The standard InChI is InChI=1S/C18H24FN3O4S/c19-14-10-13(2-7-21-8-5-18(6-9-21)3-1-4-18)11-15(23)17(14)22-12-16(24)20-27(22,25)26/h10-11,23H,1-9,12H2,(H,20,24). The predicted octanol–water partition coefficient (Wildman–Crippen LogP) is 1.52. The van der Waals surface area contributed by atoms with Crippen LogP contribution in [0, 0.1) is 11.2 Å². The number of nitrogens with one attached hydrogen (secondary N) is 1. The molecule has 2 N–H and O–H groups in total. The molecular weight excluding hydrogens is 373 g/mol. The summed E-state index contributed by atoms with van der Waals surface area (Å²) in [7, 11) is -4.16. The number of likely N-dealkylation sites (tertiary alicyclic amines) is 1. The van der Waals surface area contributed by atoms with Crippen LogP contribution in [0.3, 0.4) is 0 Å². The van der Waals surface area contributed by atoms with Gasteiger partial charge >= 0.3 is 10.2 Å². The van der Waals surface area contributed by atoms with Gasteiger partial charge in [0.15, 0.2) is 5.82 Å². The fourth-order valence-electron chi connectivity index (χ4n) is 4.39. The molecule has 148 valence electrons. The van der Waals surface area contributed by atoms with Gasteiger partial charge in [-0.05, 0) is 68.3 Å². The lowest BCUT2D eigenvalue weighted by molar-refractivity contribution is -0.117. The highest BCUT2D eigenvalue weighted by Gasteiger charge is 2.39. The van der Waals surface area contributed by atoms with E-state index in [9.17, 15) is 22.7 Å². The smallest absolute Gasteiger partial charge is 0.326 e. The molecule has 7 nitrogen and oxygen atoms in total. The topological polar surface area (TPSA) is 90.0 Å². The van der Waals surface area contributed by atoms with E-state index in [0.717, 1.165) is 19.6 Å². The van der Waals surface area contributed by atoms with E-state index < -0.39 is 39.9 Å². The minimum absolute atomic E-state index is 0.475. The van der Waals surface area contributed by atoms with Gasteiger partial charge in [0.05, 0.1) is 0 Å². The summed E-state index contributed by atoms with van der Waals surface area (Å²) in [5.41, 5.74) is 0.699. The number of aromatic hydroxyl groups is 1. The van der Waals surface area contributed by atoms with Gasteiger partial charge in [-0.1, -0.05) is 6.42 Å². The quantitative estimate of drug-likeness (QED) is 0.804. The van der Waals surface area contributed by atoms with E-state index in [4.69, 9.17) is 0 Å². The Morgan fingerprint density at radius 3 is 2.41 bits per heavy atom. The predicted molar refractivity (Wildman–Crippen MR) is 98.1 cm³/mol. The Morgan fingerprint density at radius 2 is 1.89 bits per heavy atom. The van der Waals surface area contributed by atoms with Crippen LogP contribution < -0.4 is 9.03 Å². The van der Waals surface area contributed by atoms with Crippen LogP contribution in [0.1, 0.15) is 37.7 Å². The average molecular weight is 397 g/mol. The van der Waals surface area contributed by atoms with Crippen molar-refractivity contribution in [2.45, 2.75) is 38.5 Å². The van der Waals surface area contributed by atoms with Crippen LogP contribution in [0.5, 0.6) is 5.75 Å². The van der Waals surface area contributed by atoms with Crippen molar-refractivity contribution in [1.29, 1.82) is 0 Å². The van der Waals surface area contributed by atoms with E-state index in [1.807, 2.05) is 0 Å². The summed E-state index contributed by atoms with van der Waals surface area (Å²) < 4.78 is 40.6. The second-order valence-electron chi connectivity index (χ2n) is 7.93. The Balaban J connectivity index is 1.42. The summed E-state index contributed by atoms with van der Waals surface area (Å²) in [5, 5.41) is 10.2. The molecule has 1 saturated carbocycles. The zero-order valence-corrected chi connectivity index (χ0v) is 15.9. The largest absolute Gasteiger partial charge is 0.506 e. The summed E-state index contributed by atoms with van der Waals surface area (Å²) in [6, 6.07) is 2.62. The number of phenols is 1. The van der Waals surface area contributed by atoms with Gasteiger partial charge in [-0.3, -0.25) is 4.79 Å². The van der Waals surface area contributed by atoms with E-state index in [2.05, 4.69) is 4.90 Å². The maximum absolute atomic E-state index is 14.5. The van der Waals surface area contributed by atoms with Gasteiger partial charge in [-0.15, -0.1) is 0 Å². The zero-order valence-electron chi connectivity index (χ0n) is 15.1. The average Bonchev–Trinajstić information content (AvgIpc) is 2.84. The lowest BCUT2D eigenvalue weighted by Crippen LogP contribution is -2.44. The Labute approximate surface area is 158 Å². The Kier molecular flexibility index (Phi) is 4.54. The second kappa shape index (κ2) is 6.63. The molecular formula is C18H24FN3O4S. The first-order chi connectivity index (χ1) is 12.8. The number of hydrogen-bond donors (Lipinski definition) is 2. The molecule has 0 radical (unpaired) electrons. The van der Waals surface area contributed by atoms with Crippen LogP contribution in [0.15, 0.2) is 12.1 Å². The van der Waals surface area contributed by atoms with Crippen LogP contribution in [-0.4, -0.2) is 50.5 Å². The highest BCUT2D eigenvalue weighted by atomic mass is 32.2. The number of anilines is 1. The van der Waals surface area contributed by atoms with Crippen molar-refractivity contribution in [3.05, 3.63) is 23.5 Å². The molecule has 0 atom stereocenters. The van der Waals surface area contributed by atoms with Gasteiger partial charge in [-0.25, -0.2) is 13.4 Å². The van der Waals surface area contributed by atoms with Crippen molar-refractivity contribution in [1.82, 2.24) is 9.62 Å². The summed E-state index contributed by atoms with van der Waals surface area (Å²) in [6.45, 7) is 2.33. The van der Waals surface area contributed by atoms with Gasteiger partial charge in [0.25, 0.3) is 5.91 Å². The highest BCUT2D eigenvalue weighted by molar-refractivity contribution is 7.92. The van der Waals surface area contributed by atoms with Crippen molar-refractivity contribution >= 4 is 21.8 Å². The third kappa shape index (κ3) is 3.50. The molecule has 2 saturated heterocycles. The molecule has 0 bridgehead atoms. The number of hydrogen-bond acceptors (Lipinski definition) is 5. The monoisotopic (exact) mass is 397 g/mol. The van der Waals surface area contributed by atoms with Crippen molar-refractivity contribution in [3.8, 4) is 5.75 Å². The molecule has 1 aromatic rings. The normalized spacial score (nSPS) is 24.0. The maximum atomic E-state index is 14.5. The SMILES string of the molecule is O=C1CN(c2c(O)cc(CCN3CCC4(CCC4)CC3)cc2F)S(=O)(=O)N1. The highest BCUT2D eigenvalue weighted by Crippen LogP contribution is 2.48. The minimum atomic E-state index is -4.16. The third-order valence-corrected chi connectivity index (χ3v) is 7.60. The number of piperidine rings is 1. The first kappa shape index (κ1) is 18.5. The minimum Gasteiger partial charge on any atom is -0.506 e. The summed E-state index contributed by atoms with van der Waals surface area (Å²) in [6.07, 6.45) is 7.05. The Morgan fingerprint density at radius 1 is 1.19 bits per heavy atom. The molecule has 4 rings (SSSR count). The summed E-state index contributed by atoms with van der Waals surface area (Å²) in [4.78, 5) is 13.7. The summed E-state index contributed by atoms with van der Waals surface area (Å²) in [5.74, 6) is -2.08. The van der Waals surface area contributed by atoms with Gasteiger partial charge < -0.3 is 10.0 Å².